The maximum absolute atomic E-state index is 6.58. The summed E-state index contributed by atoms with van der Waals surface area (Å²) in [6.45, 7) is 0. The lowest BCUT2D eigenvalue weighted by Crippen LogP contribution is -2.18. The molecule has 85 heavy (non-hydrogen) atoms. The van der Waals surface area contributed by atoms with Crippen molar-refractivity contribution in [3.8, 4) is 50.2 Å². The van der Waals surface area contributed by atoms with Gasteiger partial charge in [0.25, 0.3) is 0 Å². The lowest BCUT2D eigenvalue weighted by molar-refractivity contribution is 0.603. The van der Waals surface area contributed by atoms with Crippen molar-refractivity contribution >= 4 is 89.4 Å². The second-order valence-corrected chi connectivity index (χ2v) is 21.5. The Hall–Kier alpha value is -11.9. The highest BCUT2D eigenvalue weighted by Crippen LogP contribution is 2.45. The number of anilines is 2. The largest absolute Gasteiger partial charge is 0.456 e. The standard InChI is InChI=1S/C77H44N6O2/c1-2-11-49(51-22-27-75-68(39-51)70-41-63(24-29-77(70)85-75)83-71-18-6-5-17-64(71)66-37-53(21-26-73(66)83)58-34-60(47-81-45-58)56-15-9-31-79-43-56)32-48(10-1)50-13-7-19-74-67(38-50)69-40-62(23-28-76(69)84-74)82-61-16-4-3-12-54(35-61)65-36-52(20-25-72(65)82)57-33-59(46-80-44-57)55-14-8-30-78-42-55/h2-6,8-34,36-47H. The highest BCUT2D eigenvalue weighted by Gasteiger charge is 2.26. The zero-order valence-corrected chi connectivity index (χ0v) is 45.4. The second-order valence-electron chi connectivity index (χ2n) is 21.5. The summed E-state index contributed by atoms with van der Waals surface area (Å²) in [6, 6.07) is 53.8. The first-order valence-electron chi connectivity index (χ1n) is 28.2. The van der Waals surface area contributed by atoms with Crippen LogP contribution in [0.1, 0.15) is 22.5 Å². The van der Waals surface area contributed by atoms with Crippen LogP contribution >= 0.6 is 0 Å². The fourth-order valence-electron chi connectivity index (χ4n) is 12.4. The van der Waals surface area contributed by atoms with Gasteiger partial charge in [-0.2, -0.15) is 0 Å². The number of benzene rings is 6. The van der Waals surface area contributed by atoms with E-state index in [1.54, 1.807) is 12.4 Å². The van der Waals surface area contributed by atoms with Gasteiger partial charge in [-0.3, -0.25) is 19.9 Å². The highest BCUT2D eigenvalue weighted by atomic mass is 16.3. The summed E-state index contributed by atoms with van der Waals surface area (Å²) < 4.78 is 15.5. The number of rotatable bonds is 8. The molecule has 2 bridgehead atoms. The van der Waals surface area contributed by atoms with Crippen molar-refractivity contribution in [1.82, 2.24) is 24.5 Å². The van der Waals surface area contributed by atoms with Gasteiger partial charge in [0.05, 0.1) is 22.4 Å². The van der Waals surface area contributed by atoms with Crippen molar-refractivity contribution in [2.75, 3.05) is 4.90 Å². The zero-order chi connectivity index (χ0) is 56.0. The predicted molar refractivity (Wildman–Crippen MR) is 344 cm³/mol. The maximum atomic E-state index is 6.58. The maximum Gasteiger partial charge on any atom is 0.143 e. The molecule has 8 nitrogen and oxygen atoms in total. The van der Waals surface area contributed by atoms with E-state index >= 15 is 0 Å². The SMILES string of the molecule is C1=CC=C(c2ccc3oc4ccc(-n5c6ccccc6c6cc(-c7cncc(-c8cccnc8)c7)ccc65)cc4c3c2)C=C(C2=Cc3c(oc4ccc(N5C6=C=C(C=CC=C6)c6cc(-c7cncc(-c8cccnc8)c7)ccc65)cc34)C=C=C2)C=1. The third-order valence-electron chi connectivity index (χ3n) is 16.5. The molecule has 0 saturated carbocycles. The second kappa shape index (κ2) is 19.4. The lowest BCUT2D eigenvalue weighted by atomic mass is 9.94. The van der Waals surface area contributed by atoms with E-state index < -0.39 is 0 Å². The molecule has 6 aromatic carbocycles. The average molecular weight is 1090 g/mol. The Morgan fingerprint density at radius 2 is 1.05 bits per heavy atom. The minimum atomic E-state index is 0.747. The van der Waals surface area contributed by atoms with Gasteiger partial charge in [0.1, 0.15) is 22.5 Å². The Labute approximate surface area is 487 Å². The normalized spacial score (nSPS) is 14.1. The van der Waals surface area contributed by atoms with Gasteiger partial charge in [-0.1, -0.05) is 66.4 Å². The van der Waals surface area contributed by atoms with Crippen LogP contribution in [0.3, 0.4) is 0 Å². The topological polar surface area (TPSA) is 86.0 Å². The predicted octanol–water partition coefficient (Wildman–Crippen LogP) is 19.1. The van der Waals surface area contributed by atoms with Crippen LogP contribution in [0.4, 0.5) is 11.4 Å². The summed E-state index contributed by atoms with van der Waals surface area (Å²) in [5.74, 6) is 0.747. The molecule has 0 fully saturated rings. The van der Waals surface area contributed by atoms with Crippen LogP contribution in [0.15, 0.2) is 299 Å². The van der Waals surface area contributed by atoms with E-state index in [2.05, 4.69) is 229 Å². The van der Waals surface area contributed by atoms with Gasteiger partial charge in [0.2, 0.25) is 0 Å². The number of pyridine rings is 4. The van der Waals surface area contributed by atoms with Gasteiger partial charge in [-0.25, -0.2) is 0 Å². The number of fused-ring (bicyclic) bond motifs is 11. The van der Waals surface area contributed by atoms with Crippen LogP contribution in [0.2, 0.25) is 0 Å². The summed E-state index contributed by atoms with van der Waals surface area (Å²) >= 11 is 0. The number of aromatic nitrogens is 5. The molecule has 13 aromatic rings. The molecule has 3 aliphatic carbocycles. The molecule has 0 radical (unpaired) electrons. The molecular weight excluding hydrogens is 1040 g/mol. The molecular formula is C77H44N6O2. The molecule has 0 unspecified atom stereocenters. The van der Waals surface area contributed by atoms with Crippen LogP contribution < -0.4 is 4.90 Å². The zero-order valence-electron chi connectivity index (χ0n) is 45.4. The van der Waals surface area contributed by atoms with Crippen molar-refractivity contribution in [3.05, 3.63) is 312 Å². The number of hydrogen-bond donors (Lipinski definition) is 0. The third-order valence-corrected chi connectivity index (χ3v) is 16.5. The van der Waals surface area contributed by atoms with Crippen molar-refractivity contribution < 1.29 is 8.83 Å². The van der Waals surface area contributed by atoms with E-state index in [0.717, 1.165) is 156 Å². The molecule has 0 spiro atoms. The van der Waals surface area contributed by atoms with E-state index in [9.17, 15) is 0 Å². The third kappa shape index (κ3) is 8.19. The summed E-state index contributed by atoms with van der Waals surface area (Å²) in [7, 11) is 0. The van der Waals surface area contributed by atoms with Gasteiger partial charge >= 0.3 is 0 Å². The van der Waals surface area contributed by atoms with Gasteiger partial charge in [0, 0.05) is 144 Å². The fourth-order valence-corrected chi connectivity index (χ4v) is 12.4. The average Bonchev–Trinajstić information content (AvgIpc) is 2.01. The first-order valence-corrected chi connectivity index (χ1v) is 28.2. The Morgan fingerprint density at radius 3 is 1.85 bits per heavy atom. The Morgan fingerprint density at radius 1 is 0.412 bits per heavy atom. The number of hydrogen-bond acceptors (Lipinski definition) is 7. The van der Waals surface area contributed by atoms with Gasteiger partial charge < -0.3 is 18.3 Å². The number of allylic oxidation sites excluding steroid dienone is 11. The minimum Gasteiger partial charge on any atom is -0.456 e. The molecule has 0 amide bonds. The van der Waals surface area contributed by atoms with E-state index in [4.69, 9.17) is 8.83 Å². The molecule has 0 saturated heterocycles. The number of nitrogens with zero attached hydrogens (tertiary/aromatic N) is 6. The molecule has 8 heteroatoms. The van der Waals surface area contributed by atoms with E-state index in [0.29, 0.717) is 0 Å². The quantitative estimate of drug-likeness (QED) is 0.140. The first kappa shape index (κ1) is 47.9. The lowest BCUT2D eigenvalue weighted by Gasteiger charge is -2.30. The molecule has 7 aromatic heterocycles. The number of furan rings is 2. The minimum absolute atomic E-state index is 0.747. The summed E-state index contributed by atoms with van der Waals surface area (Å²) in [5.41, 5.74) is 34.9. The highest BCUT2D eigenvalue weighted by molar-refractivity contribution is 6.12. The van der Waals surface area contributed by atoms with Crippen molar-refractivity contribution in [2.45, 2.75) is 0 Å². The van der Waals surface area contributed by atoms with Crippen molar-refractivity contribution in [2.24, 2.45) is 0 Å². The van der Waals surface area contributed by atoms with Crippen molar-refractivity contribution in [3.63, 3.8) is 0 Å². The Bertz CT molecular complexity index is 5420. The smallest absolute Gasteiger partial charge is 0.143 e. The first-order chi connectivity index (χ1) is 42.1. The number of para-hydroxylation sites is 1. The van der Waals surface area contributed by atoms with Crippen LogP contribution in [-0.4, -0.2) is 24.5 Å². The molecule has 0 N–H and O–H groups in total. The molecule has 4 aliphatic rings. The summed E-state index contributed by atoms with van der Waals surface area (Å²) in [5, 5.41) is 5.42. The van der Waals surface area contributed by atoms with E-state index in [-0.39, 0.29) is 0 Å². The summed E-state index contributed by atoms with van der Waals surface area (Å²) in [6.07, 6.45) is 37.9. The van der Waals surface area contributed by atoms with E-state index in [1.807, 2.05) is 73.6 Å². The van der Waals surface area contributed by atoms with Gasteiger partial charge in [-0.15, -0.1) is 11.5 Å². The van der Waals surface area contributed by atoms with Crippen LogP contribution in [0.25, 0.3) is 128 Å². The Kier molecular flexibility index (Phi) is 10.9. The van der Waals surface area contributed by atoms with Gasteiger partial charge in [-0.05, 0) is 185 Å². The van der Waals surface area contributed by atoms with E-state index in [1.165, 1.54) is 10.8 Å². The van der Waals surface area contributed by atoms with Gasteiger partial charge in [0.15, 0.2) is 0 Å². The summed E-state index contributed by atoms with van der Waals surface area (Å²) in [4.78, 5) is 20.2. The van der Waals surface area contributed by atoms with Crippen LogP contribution in [-0.2, 0) is 0 Å². The van der Waals surface area contributed by atoms with Crippen LogP contribution in [0, 0.1) is 0 Å². The monoisotopic (exact) mass is 1080 g/mol. The molecule has 1 aliphatic heterocycles. The molecule has 17 rings (SSSR count). The van der Waals surface area contributed by atoms with Crippen molar-refractivity contribution in [1.29, 1.82) is 0 Å². The molecule has 0 atom stereocenters. The fraction of sp³-hybridized carbons (Fsp3) is 0. The van der Waals surface area contributed by atoms with Crippen LogP contribution in [0.5, 0.6) is 0 Å². The molecule has 394 valence electrons. The Balaban J connectivity index is 0.707. The molecule has 8 heterocycles.